The van der Waals surface area contributed by atoms with E-state index in [-0.39, 0.29) is 20.1 Å². The largest absolute Gasteiger partial charge is 0.242 e. The molecule has 3 heterocycles. The monoisotopic (exact) mass is 703 g/mol. The first-order chi connectivity index (χ1) is 19.1. The van der Waals surface area contributed by atoms with Gasteiger partial charge in [0, 0.05) is 53.9 Å². The maximum absolute atomic E-state index is 4.20. The average Bonchev–Trinajstić information content (AvgIpc) is 2.99. The van der Waals surface area contributed by atoms with E-state index in [2.05, 4.69) is 29.9 Å². The van der Waals surface area contributed by atoms with Crippen LogP contribution in [0.25, 0.3) is 33.8 Å². The van der Waals surface area contributed by atoms with E-state index in [1.807, 2.05) is 130 Å². The second kappa shape index (κ2) is 15.8. The summed E-state index contributed by atoms with van der Waals surface area (Å²) in [5.74, 6) is 0. The fourth-order valence-corrected chi connectivity index (χ4v) is 3.66. The summed E-state index contributed by atoms with van der Waals surface area (Å²) < 4.78 is 0. The van der Waals surface area contributed by atoms with Gasteiger partial charge < -0.3 is 0 Å². The van der Waals surface area contributed by atoms with Crippen molar-refractivity contribution >= 4 is 0 Å². The van der Waals surface area contributed by atoms with Gasteiger partial charge in [0.05, 0.1) is 17.1 Å². The quantitative estimate of drug-likeness (QED) is 0.192. The number of aromatic nitrogens is 6. The predicted octanol–water partition coefficient (Wildman–Crippen LogP) is 7.35. The Kier molecular flexibility index (Phi) is 11.9. The van der Waals surface area contributed by atoms with Gasteiger partial charge in [-0.25, -0.2) is 29.9 Å². The molecule has 6 rings (SSSR count). The molecule has 3 aromatic carbocycles. The van der Waals surface area contributed by atoms with Crippen LogP contribution in [0.3, 0.4) is 0 Å². The van der Waals surface area contributed by atoms with Crippen LogP contribution in [0.2, 0.25) is 0 Å². The Morgan fingerprint density at radius 3 is 0.825 bits per heavy atom. The zero-order valence-corrected chi connectivity index (χ0v) is 25.0. The summed E-state index contributed by atoms with van der Waals surface area (Å²) in [5, 5.41) is 0. The van der Waals surface area contributed by atoms with Gasteiger partial charge in [-0.1, -0.05) is 91.0 Å². The van der Waals surface area contributed by atoms with Crippen molar-refractivity contribution in [3.05, 3.63) is 145 Å². The Balaban J connectivity index is 0.000000163. The first kappa shape index (κ1) is 30.1. The Hall–Kier alpha value is -4.45. The fraction of sp³-hybridized carbons (Fsp3) is 0.0909. The van der Waals surface area contributed by atoms with E-state index in [4.69, 9.17) is 0 Å². The van der Waals surface area contributed by atoms with Gasteiger partial charge >= 0.3 is 0 Å². The molecule has 0 unspecified atom stereocenters. The normalized spacial score (nSPS) is 9.68. The molecule has 0 spiro atoms. The molecule has 0 saturated heterocycles. The van der Waals surface area contributed by atoms with E-state index in [1.54, 1.807) is 19.0 Å². The third kappa shape index (κ3) is 9.38. The number of rotatable bonds is 3. The predicted molar refractivity (Wildman–Crippen MR) is 157 cm³/mol. The molecule has 0 aliphatic heterocycles. The Labute approximate surface area is 249 Å². The molecule has 0 bridgehead atoms. The molecule has 3 aromatic heterocycles. The molecule has 7 heteroatoms. The summed E-state index contributed by atoms with van der Waals surface area (Å²) in [6.07, 6.45) is 4.78. The molecule has 0 saturated carbocycles. The number of aryl methyl sites for hydroxylation is 3. The van der Waals surface area contributed by atoms with Crippen molar-refractivity contribution < 1.29 is 20.1 Å². The number of hydrogen-bond acceptors (Lipinski definition) is 6. The van der Waals surface area contributed by atoms with Crippen LogP contribution in [0.5, 0.6) is 0 Å². The van der Waals surface area contributed by atoms with E-state index < -0.39 is 0 Å². The zero-order valence-electron chi connectivity index (χ0n) is 22.6. The summed E-state index contributed by atoms with van der Waals surface area (Å²) >= 11 is 0. The maximum atomic E-state index is 4.20. The minimum atomic E-state index is 0. The van der Waals surface area contributed by atoms with Gasteiger partial charge in [-0.05, 0) is 39.0 Å². The van der Waals surface area contributed by atoms with Crippen LogP contribution < -0.4 is 0 Å². The molecule has 0 amide bonds. The molecular formula is C33H30IrN6. The second-order valence-corrected chi connectivity index (χ2v) is 8.73. The molecule has 0 fully saturated rings. The van der Waals surface area contributed by atoms with Gasteiger partial charge in [0.1, 0.15) is 19.0 Å². The number of nitrogens with zero attached hydrogens (tertiary/aromatic N) is 6. The van der Waals surface area contributed by atoms with Gasteiger partial charge in [0.2, 0.25) is 0 Å². The van der Waals surface area contributed by atoms with Crippen molar-refractivity contribution in [2.24, 2.45) is 0 Å². The first-order valence-corrected chi connectivity index (χ1v) is 12.6. The third-order valence-corrected chi connectivity index (χ3v) is 5.62. The van der Waals surface area contributed by atoms with Gasteiger partial charge in [0.25, 0.3) is 0 Å². The summed E-state index contributed by atoms with van der Waals surface area (Å²) in [4.78, 5) is 24.8. The standard InChI is InChI=1S/3C11H10N2.Ir/c3*1-9-7-11(13-8-12-9)10-5-3-2-4-6-10;/h3*2-8H,1H3;. The van der Waals surface area contributed by atoms with Crippen LogP contribution in [0.1, 0.15) is 17.1 Å². The molecule has 0 aliphatic rings. The van der Waals surface area contributed by atoms with Crippen molar-refractivity contribution in [1.82, 2.24) is 29.9 Å². The number of hydrogen-bond donors (Lipinski definition) is 0. The van der Waals surface area contributed by atoms with Crippen molar-refractivity contribution in [3.8, 4) is 33.8 Å². The Bertz CT molecular complexity index is 1390. The van der Waals surface area contributed by atoms with Crippen molar-refractivity contribution in [3.63, 3.8) is 0 Å². The minimum absolute atomic E-state index is 0. The molecule has 1 radical (unpaired) electrons. The van der Waals surface area contributed by atoms with Gasteiger partial charge in [-0.2, -0.15) is 0 Å². The van der Waals surface area contributed by atoms with Crippen molar-refractivity contribution in [2.75, 3.05) is 0 Å². The van der Waals surface area contributed by atoms with Crippen LogP contribution in [-0.2, 0) is 20.1 Å². The van der Waals surface area contributed by atoms with Crippen LogP contribution in [0.15, 0.2) is 128 Å². The van der Waals surface area contributed by atoms with Crippen molar-refractivity contribution in [1.29, 1.82) is 0 Å². The molecule has 0 atom stereocenters. The molecule has 201 valence electrons. The van der Waals surface area contributed by atoms with Crippen LogP contribution >= 0.6 is 0 Å². The number of benzene rings is 3. The van der Waals surface area contributed by atoms with Gasteiger partial charge in [0.15, 0.2) is 0 Å². The zero-order chi connectivity index (χ0) is 27.3. The third-order valence-electron chi connectivity index (χ3n) is 5.62. The SMILES string of the molecule is Cc1cc(-c2ccccc2)ncn1.Cc1cc(-c2ccccc2)ncn1.Cc1cc(-c2ccccc2)ncn1.[Ir]. The van der Waals surface area contributed by atoms with E-state index in [9.17, 15) is 0 Å². The molecule has 40 heavy (non-hydrogen) atoms. The Morgan fingerprint density at radius 2 is 0.600 bits per heavy atom. The summed E-state index contributed by atoms with van der Waals surface area (Å²) in [6.45, 7) is 5.90. The second-order valence-electron chi connectivity index (χ2n) is 8.73. The first-order valence-electron chi connectivity index (χ1n) is 12.6. The molecule has 6 aromatic rings. The summed E-state index contributed by atoms with van der Waals surface area (Å²) in [7, 11) is 0. The van der Waals surface area contributed by atoms with Gasteiger partial charge in [-0.15, -0.1) is 0 Å². The van der Waals surface area contributed by atoms with E-state index in [1.165, 1.54) is 0 Å². The van der Waals surface area contributed by atoms with E-state index in [0.717, 1.165) is 50.9 Å². The minimum Gasteiger partial charge on any atom is -0.242 e. The summed E-state index contributed by atoms with van der Waals surface area (Å²) in [6, 6.07) is 36.2. The van der Waals surface area contributed by atoms with Crippen LogP contribution in [-0.4, -0.2) is 29.9 Å². The van der Waals surface area contributed by atoms with Crippen LogP contribution in [0.4, 0.5) is 0 Å². The molecule has 0 aliphatic carbocycles. The van der Waals surface area contributed by atoms with Crippen molar-refractivity contribution in [2.45, 2.75) is 20.8 Å². The topological polar surface area (TPSA) is 77.3 Å². The van der Waals surface area contributed by atoms with E-state index in [0.29, 0.717) is 0 Å². The smallest absolute Gasteiger partial charge is 0.116 e. The molecule has 6 nitrogen and oxygen atoms in total. The Morgan fingerprint density at radius 1 is 0.350 bits per heavy atom. The van der Waals surface area contributed by atoms with Crippen LogP contribution in [0, 0.1) is 20.8 Å². The fourth-order valence-electron chi connectivity index (χ4n) is 3.66. The van der Waals surface area contributed by atoms with Gasteiger partial charge in [-0.3, -0.25) is 0 Å². The summed E-state index contributed by atoms with van der Waals surface area (Å²) in [5.41, 5.74) is 9.32. The average molecular weight is 703 g/mol. The maximum Gasteiger partial charge on any atom is 0.116 e. The molecule has 0 N–H and O–H groups in total. The molecular weight excluding hydrogens is 673 g/mol. The van der Waals surface area contributed by atoms with E-state index >= 15 is 0 Å².